The van der Waals surface area contributed by atoms with E-state index in [2.05, 4.69) is 5.32 Å². The van der Waals surface area contributed by atoms with Crippen molar-refractivity contribution in [2.45, 2.75) is 19.8 Å². The fourth-order valence-electron chi connectivity index (χ4n) is 1.83. The van der Waals surface area contributed by atoms with E-state index in [1.54, 1.807) is 7.11 Å². The lowest BCUT2D eigenvalue weighted by molar-refractivity contribution is -0.120. The topological polar surface area (TPSA) is 84.7 Å². The molecule has 0 radical (unpaired) electrons. The summed E-state index contributed by atoms with van der Waals surface area (Å²) < 4.78 is 5.11. The Bertz CT molecular complexity index is 460. The summed E-state index contributed by atoms with van der Waals surface area (Å²) in [7, 11) is 1.60. The summed E-state index contributed by atoms with van der Waals surface area (Å²) in [4.78, 5) is 24.7. The van der Waals surface area contributed by atoms with E-state index in [9.17, 15) is 9.59 Å². The number of nitrogens with zero attached hydrogens (tertiary/aromatic N) is 1. The van der Waals surface area contributed by atoms with E-state index in [0.29, 0.717) is 13.1 Å². The van der Waals surface area contributed by atoms with Gasteiger partial charge in [0, 0.05) is 25.2 Å². The molecule has 0 saturated carbocycles. The molecular formula is C15H23N3O3. The van der Waals surface area contributed by atoms with Gasteiger partial charge >= 0.3 is 0 Å². The van der Waals surface area contributed by atoms with Crippen molar-refractivity contribution >= 4 is 17.5 Å². The van der Waals surface area contributed by atoms with Gasteiger partial charge in [0.2, 0.25) is 11.8 Å². The highest BCUT2D eigenvalue weighted by Gasteiger charge is 2.12. The molecule has 6 nitrogen and oxygen atoms in total. The van der Waals surface area contributed by atoms with Crippen LogP contribution in [-0.4, -0.2) is 38.6 Å². The zero-order chi connectivity index (χ0) is 15.7. The van der Waals surface area contributed by atoms with Gasteiger partial charge in [-0.2, -0.15) is 0 Å². The van der Waals surface area contributed by atoms with Crippen LogP contribution in [0.4, 0.5) is 5.69 Å². The molecule has 0 bridgehead atoms. The normalized spacial score (nSPS) is 10.0. The molecule has 6 heteroatoms. The number of hydrogen-bond donors (Lipinski definition) is 2. The van der Waals surface area contributed by atoms with Gasteiger partial charge in [0.25, 0.3) is 0 Å². The molecule has 0 aromatic heterocycles. The summed E-state index contributed by atoms with van der Waals surface area (Å²) >= 11 is 0. The maximum Gasteiger partial charge on any atom is 0.239 e. The van der Waals surface area contributed by atoms with E-state index in [1.165, 1.54) is 0 Å². The lowest BCUT2D eigenvalue weighted by atomic mass is 10.2. The Balaban J connectivity index is 2.74. The van der Waals surface area contributed by atoms with Crippen LogP contribution in [0, 0.1) is 0 Å². The highest BCUT2D eigenvalue weighted by Crippen LogP contribution is 2.19. The number of amides is 2. The third kappa shape index (κ3) is 6.16. The van der Waals surface area contributed by atoms with Crippen molar-refractivity contribution in [3.63, 3.8) is 0 Å². The molecule has 0 spiro atoms. The molecule has 0 aliphatic carbocycles. The van der Waals surface area contributed by atoms with Crippen LogP contribution in [0.15, 0.2) is 24.3 Å². The number of hydrogen-bond acceptors (Lipinski definition) is 4. The van der Waals surface area contributed by atoms with E-state index in [0.717, 1.165) is 17.9 Å². The number of primary amides is 1. The molecular weight excluding hydrogens is 270 g/mol. The second-order valence-electron chi connectivity index (χ2n) is 4.69. The Morgan fingerprint density at radius 2 is 1.95 bits per heavy atom. The number of rotatable bonds is 9. The van der Waals surface area contributed by atoms with Gasteiger partial charge in [0.05, 0.1) is 13.7 Å². The monoisotopic (exact) mass is 293 g/mol. The largest absolute Gasteiger partial charge is 0.497 e. The molecule has 1 aromatic carbocycles. The molecule has 21 heavy (non-hydrogen) atoms. The summed E-state index contributed by atoms with van der Waals surface area (Å²) in [5, 5.41) is 2.82. The predicted octanol–water partition coefficient (Wildman–Crippen LogP) is 0.903. The first-order chi connectivity index (χ1) is 10.1. The van der Waals surface area contributed by atoms with Crippen LogP contribution in [-0.2, 0) is 9.59 Å². The first kappa shape index (κ1) is 16.8. The zero-order valence-electron chi connectivity index (χ0n) is 12.6. The van der Waals surface area contributed by atoms with Gasteiger partial charge in [0.1, 0.15) is 5.75 Å². The van der Waals surface area contributed by atoms with Crippen LogP contribution in [0.1, 0.15) is 19.8 Å². The quantitative estimate of drug-likeness (QED) is 0.708. The van der Waals surface area contributed by atoms with Gasteiger partial charge in [-0.25, -0.2) is 0 Å². The Morgan fingerprint density at radius 1 is 1.29 bits per heavy atom. The van der Waals surface area contributed by atoms with E-state index < -0.39 is 0 Å². The molecule has 0 heterocycles. The fourth-order valence-corrected chi connectivity index (χ4v) is 1.83. The van der Waals surface area contributed by atoms with Crippen LogP contribution in [0.3, 0.4) is 0 Å². The first-order valence-corrected chi connectivity index (χ1v) is 7.00. The smallest absolute Gasteiger partial charge is 0.239 e. The van der Waals surface area contributed by atoms with Crippen molar-refractivity contribution in [3.05, 3.63) is 24.3 Å². The number of benzene rings is 1. The number of anilines is 1. The van der Waals surface area contributed by atoms with Crippen molar-refractivity contribution in [3.8, 4) is 5.75 Å². The van der Waals surface area contributed by atoms with Crippen molar-refractivity contribution in [1.29, 1.82) is 0 Å². The standard InChI is InChI=1S/C15H23N3O3/c1-3-9-17-15(20)11-18(10-8-14(16)19)12-4-6-13(21-2)7-5-12/h4-7H,3,8-11H2,1-2H3,(H2,16,19)(H,17,20). The van der Waals surface area contributed by atoms with Crippen molar-refractivity contribution in [2.75, 3.05) is 31.6 Å². The molecule has 2 amide bonds. The minimum atomic E-state index is -0.387. The average molecular weight is 293 g/mol. The minimum absolute atomic E-state index is 0.0721. The molecule has 0 aliphatic rings. The predicted molar refractivity (Wildman–Crippen MR) is 82.3 cm³/mol. The Morgan fingerprint density at radius 3 is 2.48 bits per heavy atom. The summed E-state index contributed by atoms with van der Waals surface area (Å²) in [6.45, 7) is 3.24. The molecule has 3 N–H and O–H groups in total. The third-order valence-corrected chi connectivity index (χ3v) is 2.97. The molecule has 0 saturated heterocycles. The van der Waals surface area contributed by atoms with Crippen molar-refractivity contribution < 1.29 is 14.3 Å². The van der Waals surface area contributed by atoms with E-state index in [-0.39, 0.29) is 24.8 Å². The van der Waals surface area contributed by atoms with Gasteiger partial charge in [-0.05, 0) is 30.7 Å². The number of methoxy groups -OCH3 is 1. The van der Waals surface area contributed by atoms with E-state index in [1.807, 2.05) is 36.1 Å². The Labute approximate surface area is 125 Å². The lowest BCUT2D eigenvalue weighted by Gasteiger charge is -2.24. The SMILES string of the molecule is CCCNC(=O)CN(CCC(N)=O)c1ccc(OC)cc1. The third-order valence-electron chi connectivity index (χ3n) is 2.97. The minimum Gasteiger partial charge on any atom is -0.497 e. The van der Waals surface area contributed by atoms with E-state index >= 15 is 0 Å². The summed E-state index contributed by atoms with van der Waals surface area (Å²) in [6, 6.07) is 7.34. The molecule has 0 aliphatic heterocycles. The van der Waals surface area contributed by atoms with Gasteiger partial charge in [-0.1, -0.05) is 6.92 Å². The molecule has 0 unspecified atom stereocenters. The number of carbonyl (C=O) groups excluding carboxylic acids is 2. The molecule has 116 valence electrons. The molecule has 0 fully saturated rings. The first-order valence-electron chi connectivity index (χ1n) is 7.00. The van der Waals surface area contributed by atoms with Gasteiger partial charge < -0.3 is 20.7 Å². The highest BCUT2D eigenvalue weighted by molar-refractivity contribution is 5.82. The zero-order valence-corrected chi connectivity index (χ0v) is 12.6. The number of carbonyl (C=O) groups is 2. The van der Waals surface area contributed by atoms with Gasteiger partial charge in [-0.3, -0.25) is 9.59 Å². The second kappa shape index (κ2) is 8.84. The fraction of sp³-hybridized carbons (Fsp3) is 0.467. The lowest BCUT2D eigenvalue weighted by Crippen LogP contribution is -2.39. The van der Waals surface area contributed by atoms with Crippen molar-refractivity contribution in [2.24, 2.45) is 5.73 Å². The summed E-state index contributed by atoms with van der Waals surface area (Å²) in [5.74, 6) is 0.281. The average Bonchev–Trinajstić information content (AvgIpc) is 2.49. The number of nitrogens with two attached hydrogens (primary N) is 1. The Kier molecular flexibility index (Phi) is 7.08. The van der Waals surface area contributed by atoms with Gasteiger partial charge in [0.15, 0.2) is 0 Å². The van der Waals surface area contributed by atoms with Crippen LogP contribution in [0.2, 0.25) is 0 Å². The van der Waals surface area contributed by atoms with Crippen molar-refractivity contribution in [1.82, 2.24) is 5.32 Å². The maximum atomic E-state index is 11.9. The van der Waals surface area contributed by atoms with Crippen LogP contribution >= 0.6 is 0 Å². The highest BCUT2D eigenvalue weighted by atomic mass is 16.5. The van der Waals surface area contributed by atoms with Crippen LogP contribution in [0.25, 0.3) is 0 Å². The number of ether oxygens (including phenoxy) is 1. The van der Waals surface area contributed by atoms with Crippen LogP contribution in [0.5, 0.6) is 5.75 Å². The molecule has 1 aromatic rings. The second-order valence-corrected chi connectivity index (χ2v) is 4.69. The molecule has 1 rings (SSSR count). The number of nitrogens with one attached hydrogen (secondary N) is 1. The maximum absolute atomic E-state index is 11.9. The van der Waals surface area contributed by atoms with E-state index in [4.69, 9.17) is 10.5 Å². The van der Waals surface area contributed by atoms with Crippen LogP contribution < -0.4 is 20.7 Å². The summed E-state index contributed by atoms with van der Waals surface area (Å²) in [6.07, 6.45) is 1.09. The molecule has 0 atom stereocenters. The Hall–Kier alpha value is -2.24. The van der Waals surface area contributed by atoms with Gasteiger partial charge in [-0.15, -0.1) is 0 Å². The summed E-state index contributed by atoms with van der Waals surface area (Å²) in [5.41, 5.74) is 6.04.